The summed E-state index contributed by atoms with van der Waals surface area (Å²) in [7, 11) is 0. The maximum atomic E-state index is 12.2. The van der Waals surface area contributed by atoms with Gasteiger partial charge in [0.25, 0.3) is 5.91 Å². The van der Waals surface area contributed by atoms with E-state index in [0.29, 0.717) is 6.54 Å². The van der Waals surface area contributed by atoms with Gasteiger partial charge in [0.05, 0.1) is 0 Å². The number of nitrogens with two attached hydrogens (primary N) is 1. The number of likely N-dealkylation sites (tertiary alicyclic amines) is 1. The predicted octanol–water partition coefficient (Wildman–Crippen LogP) is 2.68. The van der Waals surface area contributed by atoms with E-state index in [1.807, 2.05) is 29.2 Å². The fourth-order valence-corrected chi connectivity index (χ4v) is 2.40. The Morgan fingerprint density at radius 3 is 2.56 bits per heavy atom. The molecule has 0 aliphatic carbocycles. The highest BCUT2D eigenvalue weighted by Gasteiger charge is 2.35. The van der Waals surface area contributed by atoms with Gasteiger partial charge in [0.1, 0.15) is 0 Å². The Hall–Kier alpha value is -0.580. The van der Waals surface area contributed by atoms with Gasteiger partial charge in [0.15, 0.2) is 0 Å². The number of nitrogens with zero attached hydrogens (tertiary/aromatic N) is 1. The third-order valence-corrected chi connectivity index (χ3v) is 3.96. The molecule has 1 unspecified atom stereocenters. The fourth-order valence-electron chi connectivity index (χ4n) is 2.14. The molecule has 1 aliphatic rings. The van der Waals surface area contributed by atoms with Gasteiger partial charge in [-0.2, -0.15) is 0 Å². The summed E-state index contributed by atoms with van der Waals surface area (Å²) in [6.07, 6.45) is 0.992. The maximum absolute atomic E-state index is 12.2. The van der Waals surface area contributed by atoms with Crippen LogP contribution >= 0.6 is 28.3 Å². The van der Waals surface area contributed by atoms with Crippen LogP contribution in [-0.4, -0.2) is 30.4 Å². The van der Waals surface area contributed by atoms with E-state index < -0.39 is 0 Å². The highest BCUT2D eigenvalue weighted by molar-refractivity contribution is 9.10. The minimum Gasteiger partial charge on any atom is -0.338 e. The predicted molar refractivity (Wildman–Crippen MR) is 79.1 cm³/mol. The molecule has 100 valence electrons. The monoisotopic (exact) mass is 332 g/mol. The van der Waals surface area contributed by atoms with Gasteiger partial charge in [-0.3, -0.25) is 4.79 Å². The fraction of sp³-hybridized carbons (Fsp3) is 0.462. The number of carbonyl (C=O) groups is 1. The summed E-state index contributed by atoms with van der Waals surface area (Å²) in [5.74, 6) is 0.106. The van der Waals surface area contributed by atoms with Crippen molar-refractivity contribution >= 4 is 34.2 Å². The van der Waals surface area contributed by atoms with E-state index in [2.05, 4.69) is 22.9 Å². The van der Waals surface area contributed by atoms with Gasteiger partial charge < -0.3 is 10.6 Å². The minimum absolute atomic E-state index is 0. The van der Waals surface area contributed by atoms with Gasteiger partial charge in [-0.25, -0.2) is 0 Å². The maximum Gasteiger partial charge on any atom is 0.253 e. The third kappa shape index (κ3) is 3.25. The van der Waals surface area contributed by atoms with E-state index in [0.717, 1.165) is 29.5 Å². The molecule has 5 heteroatoms. The summed E-state index contributed by atoms with van der Waals surface area (Å²) in [6.45, 7) is 4.35. The second kappa shape index (κ2) is 6.04. The summed E-state index contributed by atoms with van der Waals surface area (Å²) in [5, 5.41) is 0. The largest absolute Gasteiger partial charge is 0.338 e. The smallest absolute Gasteiger partial charge is 0.253 e. The first kappa shape index (κ1) is 15.5. The van der Waals surface area contributed by atoms with Crippen LogP contribution in [0.2, 0.25) is 0 Å². The van der Waals surface area contributed by atoms with Crippen LogP contribution < -0.4 is 5.73 Å². The average molecular weight is 334 g/mol. The first-order chi connectivity index (χ1) is 8.04. The molecule has 1 saturated heterocycles. The number of benzene rings is 1. The molecular weight excluding hydrogens is 316 g/mol. The van der Waals surface area contributed by atoms with Crippen LogP contribution in [0.25, 0.3) is 0 Å². The molecule has 0 bridgehead atoms. The normalized spacial score (nSPS) is 22.7. The van der Waals surface area contributed by atoms with Crippen molar-refractivity contribution in [1.29, 1.82) is 0 Å². The molecule has 18 heavy (non-hydrogen) atoms. The number of amides is 1. The summed E-state index contributed by atoms with van der Waals surface area (Å²) >= 11 is 3.37. The molecule has 0 spiro atoms. The molecule has 2 rings (SSSR count). The summed E-state index contributed by atoms with van der Waals surface area (Å²) in [4.78, 5) is 14.1. The van der Waals surface area contributed by atoms with Crippen LogP contribution in [0, 0.1) is 5.41 Å². The summed E-state index contributed by atoms with van der Waals surface area (Å²) in [6, 6.07) is 7.49. The molecule has 1 aromatic rings. The van der Waals surface area contributed by atoms with Crippen molar-refractivity contribution < 1.29 is 4.79 Å². The van der Waals surface area contributed by atoms with E-state index in [4.69, 9.17) is 5.73 Å². The Bertz CT molecular complexity index is 424. The molecule has 1 fully saturated rings. The minimum atomic E-state index is 0. The van der Waals surface area contributed by atoms with Gasteiger partial charge in [-0.05, 0) is 42.6 Å². The molecule has 0 aromatic heterocycles. The molecule has 1 atom stereocenters. The SMILES string of the molecule is CC1(CN)CCN(C(=O)c2ccc(Br)cc2)C1.Cl. The van der Waals surface area contributed by atoms with Gasteiger partial charge in [-0.1, -0.05) is 22.9 Å². The van der Waals surface area contributed by atoms with Crippen molar-refractivity contribution in [3.8, 4) is 0 Å². The molecule has 1 amide bonds. The van der Waals surface area contributed by atoms with E-state index >= 15 is 0 Å². The molecule has 0 radical (unpaired) electrons. The van der Waals surface area contributed by atoms with Crippen LogP contribution in [0.1, 0.15) is 23.7 Å². The zero-order chi connectivity index (χ0) is 12.5. The molecule has 1 heterocycles. The number of carbonyl (C=O) groups excluding carboxylic acids is 1. The van der Waals surface area contributed by atoms with E-state index in [1.54, 1.807) is 0 Å². The van der Waals surface area contributed by atoms with Crippen LogP contribution in [0.3, 0.4) is 0 Å². The zero-order valence-corrected chi connectivity index (χ0v) is 12.8. The molecular formula is C13H18BrClN2O. The van der Waals surface area contributed by atoms with Crippen LogP contribution in [-0.2, 0) is 0 Å². The number of hydrogen-bond donors (Lipinski definition) is 1. The molecule has 1 aliphatic heterocycles. The highest BCUT2D eigenvalue weighted by atomic mass is 79.9. The van der Waals surface area contributed by atoms with Crippen LogP contribution in [0.15, 0.2) is 28.7 Å². The van der Waals surface area contributed by atoms with E-state index in [9.17, 15) is 4.79 Å². The van der Waals surface area contributed by atoms with E-state index in [-0.39, 0.29) is 23.7 Å². The Kier molecular flexibility index (Phi) is 5.20. The van der Waals surface area contributed by atoms with Crippen molar-refractivity contribution in [1.82, 2.24) is 4.90 Å². The molecule has 2 N–H and O–H groups in total. The topological polar surface area (TPSA) is 46.3 Å². The lowest BCUT2D eigenvalue weighted by Gasteiger charge is -2.22. The van der Waals surface area contributed by atoms with Crippen molar-refractivity contribution in [2.75, 3.05) is 19.6 Å². The highest BCUT2D eigenvalue weighted by Crippen LogP contribution is 2.29. The Morgan fingerprint density at radius 2 is 2.06 bits per heavy atom. The lowest BCUT2D eigenvalue weighted by Crippen LogP contribution is -2.34. The number of rotatable bonds is 2. The first-order valence-corrected chi connectivity index (χ1v) is 6.58. The Morgan fingerprint density at radius 1 is 1.44 bits per heavy atom. The average Bonchev–Trinajstić information content (AvgIpc) is 2.73. The second-order valence-electron chi connectivity index (χ2n) is 5.00. The number of halogens is 2. The van der Waals surface area contributed by atoms with Crippen molar-refractivity contribution in [3.63, 3.8) is 0 Å². The Balaban J connectivity index is 0.00000162. The van der Waals surface area contributed by atoms with Gasteiger partial charge in [0.2, 0.25) is 0 Å². The third-order valence-electron chi connectivity index (χ3n) is 3.43. The molecule has 0 saturated carbocycles. The molecule has 3 nitrogen and oxygen atoms in total. The van der Waals surface area contributed by atoms with Crippen LogP contribution in [0.4, 0.5) is 0 Å². The van der Waals surface area contributed by atoms with Gasteiger partial charge >= 0.3 is 0 Å². The standard InChI is InChI=1S/C13H17BrN2O.ClH/c1-13(8-15)6-7-16(9-13)12(17)10-2-4-11(14)5-3-10;/h2-5H,6-9,15H2,1H3;1H. The number of hydrogen-bond acceptors (Lipinski definition) is 2. The van der Waals surface area contributed by atoms with Gasteiger partial charge in [0, 0.05) is 23.1 Å². The van der Waals surface area contributed by atoms with Crippen molar-refractivity contribution in [2.24, 2.45) is 11.1 Å². The zero-order valence-electron chi connectivity index (χ0n) is 10.4. The lowest BCUT2D eigenvalue weighted by molar-refractivity contribution is 0.0777. The second-order valence-corrected chi connectivity index (χ2v) is 5.91. The quantitative estimate of drug-likeness (QED) is 0.904. The van der Waals surface area contributed by atoms with Crippen molar-refractivity contribution in [3.05, 3.63) is 34.3 Å². The van der Waals surface area contributed by atoms with Gasteiger partial charge in [-0.15, -0.1) is 12.4 Å². The van der Waals surface area contributed by atoms with E-state index in [1.165, 1.54) is 0 Å². The molecule has 1 aromatic carbocycles. The van der Waals surface area contributed by atoms with Crippen molar-refractivity contribution in [2.45, 2.75) is 13.3 Å². The first-order valence-electron chi connectivity index (χ1n) is 5.79. The Labute approximate surface area is 122 Å². The van der Waals surface area contributed by atoms with Crippen LogP contribution in [0.5, 0.6) is 0 Å². The summed E-state index contributed by atoms with van der Waals surface area (Å²) < 4.78 is 0.988. The summed E-state index contributed by atoms with van der Waals surface area (Å²) in [5.41, 5.74) is 6.58. The lowest BCUT2D eigenvalue weighted by atomic mass is 9.90.